The molecule has 7 nitrogen and oxygen atoms in total. The number of aromatic nitrogens is 2. The van der Waals surface area contributed by atoms with Crippen molar-refractivity contribution in [3.63, 3.8) is 0 Å². The fourth-order valence-corrected chi connectivity index (χ4v) is 3.35. The third kappa shape index (κ3) is 4.75. The number of anilines is 2. The molecule has 0 bridgehead atoms. The number of halogens is 1. The standard InChI is InChI=1S/C24H21FN4O3/c1-32-19-6-4-5-18(13-19)27-22(30)15-29-21-8-3-2-7-20(21)23(28-24(29)31)26-14-16-9-11-17(25)12-10-16/h2-13H,14-15H2,1H3,(H,27,30)(H,26,28,31). The normalized spacial score (nSPS) is 10.7. The van der Waals surface area contributed by atoms with Crippen LogP contribution in [-0.4, -0.2) is 22.6 Å². The number of hydrogen-bond donors (Lipinski definition) is 2. The van der Waals surface area contributed by atoms with E-state index in [1.807, 2.05) is 12.1 Å². The molecule has 4 rings (SSSR count). The topological polar surface area (TPSA) is 85.2 Å². The summed E-state index contributed by atoms with van der Waals surface area (Å²) in [6, 6.07) is 20.3. The highest BCUT2D eigenvalue weighted by Gasteiger charge is 2.13. The molecule has 3 aromatic carbocycles. The third-order valence-corrected chi connectivity index (χ3v) is 4.92. The van der Waals surface area contributed by atoms with Crippen LogP contribution in [0.1, 0.15) is 5.56 Å². The van der Waals surface area contributed by atoms with Gasteiger partial charge in [0.05, 0.1) is 12.6 Å². The number of amides is 1. The molecule has 0 fully saturated rings. The summed E-state index contributed by atoms with van der Waals surface area (Å²) in [4.78, 5) is 29.5. The van der Waals surface area contributed by atoms with E-state index in [2.05, 4.69) is 15.6 Å². The van der Waals surface area contributed by atoms with Crippen LogP contribution in [0.25, 0.3) is 10.9 Å². The second-order valence-corrected chi connectivity index (χ2v) is 7.11. The summed E-state index contributed by atoms with van der Waals surface area (Å²) in [7, 11) is 1.55. The van der Waals surface area contributed by atoms with Gasteiger partial charge >= 0.3 is 5.69 Å². The van der Waals surface area contributed by atoms with E-state index in [0.717, 1.165) is 5.56 Å². The Hall–Kier alpha value is -4.20. The summed E-state index contributed by atoms with van der Waals surface area (Å²) >= 11 is 0. The minimum atomic E-state index is -0.550. The van der Waals surface area contributed by atoms with Gasteiger partial charge in [0.15, 0.2) is 0 Å². The van der Waals surface area contributed by atoms with Gasteiger partial charge in [0.25, 0.3) is 0 Å². The van der Waals surface area contributed by atoms with Crippen molar-refractivity contribution in [1.82, 2.24) is 9.55 Å². The SMILES string of the molecule is COc1cccc(NC(=O)Cn2c(=O)nc(NCc3ccc(F)cc3)c3ccccc32)c1. The first-order valence-electron chi connectivity index (χ1n) is 9.95. The number of nitrogens with zero attached hydrogens (tertiary/aromatic N) is 2. The summed E-state index contributed by atoms with van der Waals surface area (Å²) in [6.07, 6.45) is 0. The number of ether oxygens (including phenoxy) is 1. The Kier molecular flexibility index (Phi) is 6.12. The first-order valence-corrected chi connectivity index (χ1v) is 9.95. The molecule has 8 heteroatoms. The first kappa shape index (κ1) is 21.0. The molecule has 0 spiro atoms. The molecule has 1 amide bonds. The van der Waals surface area contributed by atoms with Crippen molar-refractivity contribution in [2.24, 2.45) is 0 Å². The second kappa shape index (κ2) is 9.30. The zero-order chi connectivity index (χ0) is 22.5. The number of rotatable bonds is 7. The molecule has 0 saturated carbocycles. The van der Waals surface area contributed by atoms with Crippen LogP contribution >= 0.6 is 0 Å². The highest BCUT2D eigenvalue weighted by Crippen LogP contribution is 2.21. The number of hydrogen-bond acceptors (Lipinski definition) is 5. The van der Waals surface area contributed by atoms with E-state index in [0.29, 0.717) is 34.7 Å². The molecular weight excluding hydrogens is 411 g/mol. The molecule has 1 heterocycles. The number of carbonyl (C=O) groups excluding carboxylic acids is 1. The number of fused-ring (bicyclic) bond motifs is 1. The van der Waals surface area contributed by atoms with Crippen LogP contribution in [0.2, 0.25) is 0 Å². The minimum absolute atomic E-state index is 0.193. The van der Waals surface area contributed by atoms with Crippen LogP contribution in [0.15, 0.2) is 77.6 Å². The molecule has 0 saturated heterocycles. The predicted molar refractivity (Wildman–Crippen MR) is 121 cm³/mol. The smallest absolute Gasteiger partial charge is 0.350 e. The molecule has 1 aromatic heterocycles. The van der Waals surface area contributed by atoms with Crippen molar-refractivity contribution < 1.29 is 13.9 Å². The van der Waals surface area contributed by atoms with E-state index < -0.39 is 5.69 Å². The molecule has 0 aliphatic rings. The van der Waals surface area contributed by atoms with Gasteiger partial charge in [-0.2, -0.15) is 4.98 Å². The number of carbonyl (C=O) groups is 1. The number of methoxy groups -OCH3 is 1. The number of nitrogens with one attached hydrogen (secondary N) is 2. The molecule has 0 atom stereocenters. The Bertz CT molecular complexity index is 1320. The number of para-hydroxylation sites is 1. The summed E-state index contributed by atoms with van der Waals surface area (Å²) < 4.78 is 19.6. The molecule has 4 aromatic rings. The summed E-state index contributed by atoms with van der Waals surface area (Å²) in [5, 5.41) is 6.60. The molecule has 2 N–H and O–H groups in total. The zero-order valence-electron chi connectivity index (χ0n) is 17.3. The minimum Gasteiger partial charge on any atom is -0.497 e. The van der Waals surface area contributed by atoms with E-state index in [1.54, 1.807) is 55.6 Å². The summed E-state index contributed by atoms with van der Waals surface area (Å²) in [6.45, 7) is 0.179. The van der Waals surface area contributed by atoms with Gasteiger partial charge in [0.1, 0.15) is 23.9 Å². The molecular formula is C24H21FN4O3. The maximum absolute atomic E-state index is 13.1. The van der Waals surface area contributed by atoms with Gasteiger partial charge in [-0.05, 0) is 42.0 Å². The van der Waals surface area contributed by atoms with Crippen molar-refractivity contribution in [1.29, 1.82) is 0 Å². The van der Waals surface area contributed by atoms with Crippen molar-refractivity contribution in [3.8, 4) is 5.75 Å². The summed E-state index contributed by atoms with van der Waals surface area (Å²) in [5.74, 6) is 0.342. The Balaban J connectivity index is 1.58. The average molecular weight is 432 g/mol. The van der Waals surface area contributed by atoms with E-state index >= 15 is 0 Å². The molecule has 162 valence electrons. The molecule has 0 unspecified atom stereocenters. The van der Waals surface area contributed by atoms with Gasteiger partial charge in [-0.1, -0.05) is 30.3 Å². The second-order valence-electron chi connectivity index (χ2n) is 7.11. The van der Waals surface area contributed by atoms with Gasteiger partial charge < -0.3 is 15.4 Å². The van der Waals surface area contributed by atoms with Crippen LogP contribution in [0.5, 0.6) is 5.75 Å². The lowest BCUT2D eigenvalue weighted by atomic mass is 10.2. The van der Waals surface area contributed by atoms with Crippen molar-refractivity contribution in [3.05, 3.63) is 94.7 Å². The van der Waals surface area contributed by atoms with Gasteiger partial charge in [0, 0.05) is 23.7 Å². The molecule has 0 radical (unpaired) electrons. The molecule has 0 aliphatic carbocycles. The van der Waals surface area contributed by atoms with E-state index in [4.69, 9.17) is 4.74 Å². The van der Waals surface area contributed by atoms with Crippen molar-refractivity contribution in [2.75, 3.05) is 17.7 Å². The van der Waals surface area contributed by atoms with Crippen LogP contribution in [0.4, 0.5) is 15.9 Å². The van der Waals surface area contributed by atoms with E-state index in [9.17, 15) is 14.0 Å². The predicted octanol–water partition coefficient (Wildman–Crippen LogP) is 3.80. The Morgan fingerprint density at radius 1 is 1.06 bits per heavy atom. The van der Waals surface area contributed by atoms with Gasteiger partial charge in [0.2, 0.25) is 5.91 Å². The Labute approximate surface area is 183 Å². The van der Waals surface area contributed by atoms with E-state index in [-0.39, 0.29) is 18.3 Å². The maximum atomic E-state index is 13.1. The maximum Gasteiger partial charge on any atom is 0.350 e. The average Bonchev–Trinajstić information content (AvgIpc) is 2.81. The molecule has 32 heavy (non-hydrogen) atoms. The quantitative estimate of drug-likeness (QED) is 0.464. The van der Waals surface area contributed by atoms with Gasteiger partial charge in [-0.3, -0.25) is 9.36 Å². The highest BCUT2D eigenvalue weighted by molar-refractivity contribution is 5.93. The zero-order valence-corrected chi connectivity index (χ0v) is 17.3. The first-order chi connectivity index (χ1) is 15.5. The molecule has 0 aliphatic heterocycles. The lowest BCUT2D eigenvalue weighted by molar-refractivity contribution is -0.116. The highest BCUT2D eigenvalue weighted by atomic mass is 19.1. The van der Waals surface area contributed by atoms with Crippen molar-refractivity contribution in [2.45, 2.75) is 13.1 Å². The fourth-order valence-electron chi connectivity index (χ4n) is 3.35. The van der Waals surface area contributed by atoms with Crippen LogP contribution in [0.3, 0.4) is 0 Å². The van der Waals surface area contributed by atoms with Crippen LogP contribution in [0, 0.1) is 5.82 Å². The van der Waals surface area contributed by atoms with Crippen molar-refractivity contribution >= 4 is 28.3 Å². The lowest BCUT2D eigenvalue weighted by Gasteiger charge is -2.14. The largest absolute Gasteiger partial charge is 0.497 e. The van der Waals surface area contributed by atoms with Gasteiger partial charge in [-0.25, -0.2) is 9.18 Å². The van der Waals surface area contributed by atoms with Crippen LogP contribution < -0.4 is 21.1 Å². The lowest BCUT2D eigenvalue weighted by Crippen LogP contribution is -2.30. The Morgan fingerprint density at radius 3 is 2.62 bits per heavy atom. The monoisotopic (exact) mass is 432 g/mol. The van der Waals surface area contributed by atoms with E-state index in [1.165, 1.54) is 16.7 Å². The third-order valence-electron chi connectivity index (χ3n) is 4.92. The Morgan fingerprint density at radius 2 is 1.84 bits per heavy atom. The number of benzene rings is 3. The van der Waals surface area contributed by atoms with Crippen LogP contribution in [-0.2, 0) is 17.9 Å². The summed E-state index contributed by atoms with van der Waals surface area (Å²) in [5.41, 5.74) is 1.44. The van der Waals surface area contributed by atoms with Gasteiger partial charge in [-0.15, -0.1) is 0 Å². The fraction of sp³-hybridized carbons (Fsp3) is 0.125.